The monoisotopic (exact) mass is 388 g/mol. The fourth-order valence-electron chi connectivity index (χ4n) is 5.42. The Hall–Kier alpha value is -2.10. The molecule has 2 aromatic rings. The number of hydrogen-bond acceptors (Lipinski definition) is 0. The molecule has 0 aromatic heterocycles. The Bertz CT molecular complexity index is 881. The highest BCUT2D eigenvalue weighted by Gasteiger charge is 2.43. The third-order valence-electron chi connectivity index (χ3n) is 6.46. The van der Waals surface area contributed by atoms with Gasteiger partial charge in [-0.05, 0) is 90.7 Å². The first kappa shape index (κ1) is 19.2. The second kappa shape index (κ2) is 7.73. The molecule has 148 valence electrons. The fraction of sp³-hybridized carbons (Fsp3) is 0.417. The zero-order chi connectivity index (χ0) is 19.8. The molecular weight excluding hydrogens is 364 g/mol. The second-order valence-corrected chi connectivity index (χ2v) is 8.07. The van der Waals surface area contributed by atoms with Gasteiger partial charge in [0.2, 0.25) is 0 Å². The van der Waals surface area contributed by atoms with Crippen LogP contribution in [0.2, 0.25) is 0 Å². The topological polar surface area (TPSA) is 0 Å². The van der Waals surface area contributed by atoms with E-state index in [1.165, 1.54) is 18.2 Å². The van der Waals surface area contributed by atoms with Crippen LogP contribution in [-0.4, -0.2) is 0 Å². The fourth-order valence-corrected chi connectivity index (χ4v) is 5.42. The lowest BCUT2D eigenvalue weighted by Gasteiger charge is -2.46. The Balaban J connectivity index is 1.79. The number of rotatable bonds is 3. The van der Waals surface area contributed by atoms with Crippen molar-refractivity contribution in [1.82, 2.24) is 0 Å². The van der Waals surface area contributed by atoms with Gasteiger partial charge in [0.1, 0.15) is 23.3 Å². The van der Waals surface area contributed by atoms with E-state index in [1.807, 2.05) is 0 Å². The normalized spacial score (nSPS) is 26.9. The third-order valence-corrected chi connectivity index (χ3v) is 6.46. The highest BCUT2D eigenvalue weighted by molar-refractivity contribution is 5.38. The summed E-state index contributed by atoms with van der Waals surface area (Å²) in [5, 5.41) is 0. The Morgan fingerprint density at radius 1 is 0.893 bits per heavy atom. The van der Waals surface area contributed by atoms with Crippen molar-refractivity contribution in [2.45, 2.75) is 50.9 Å². The van der Waals surface area contributed by atoms with E-state index in [-0.39, 0.29) is 23.7 Å². The highest BCUT2D eigenvalue weighted by Crippen LogP contribution is 2.54. The largest absolute Gasteiger partial charge is 0.207 e. The van der Waals surface area contributed by atoms with Crippen LogP contribution in [0.5, 0.6) is 0 Å². The van der Waals surface area contributed by atoms with Crippen molar-refractivity contribution in [3.05, 3.63) is 82.4 Å². The Kier molecular flexibility index (Phi) is 5.31. The summed E-state index contributed by atoms with van der Waals surface area (Å²) in [5.41, 5.74) is 2.00. The summed E-state index contributed by atoms with van der Waals surface area (Å²) in [6.45, 7) is 2.06. The lowest BCUT2D eigenvalue weighted by molar-refractivity contribution is 0.193. The molecule has 4 rings (SSSR count). The van der Waals surface area contributed by atoms with Gasteiger partial charge in [-0.25, -0.2) is 17.6 Å². The molecule has 0 spiro atoms. The van der Waals surface area contributed by atoms with Gasteiger partial charge in [-0.1, -0.05) is 19.1 Å². The predicted octanol–water partition coefficient (Wildman–Crippen LogP) is 7.05. The van der Waals surface area contributed by atoms with E-state index in [0.29, 0.717) is 17.5 Å². The molecule has 28 heavy (non-hydrogen) atoms. The minimum atomic E-state index is -0.580. The van der Waals surface area contributed by atoms with Crippen molar-refractivity contribution in [3.8, 4) is 0 Å². The molecule has 0 unspecified atom stereocenters. The molecule has 2 aromatic carbocycles. The molecule has 0 bridgehead atoms. The lowest BCUT2D eigenvalue weighted by atomic mass is 9.58. The van der Waals surface area contributed by atoms with Gasteiger partial charge in [0.25, 0.3) is 0 Å². The molecule has 0 nitrogen and oxygen atoms in total. The van der Waals surface area contributed by atoms with Crippen LogP contribution in [0.3, 0.4) is 0 Å². The van der Waals surface area contributed by atoms with E-state index in [2.05, 4.69) is 19.1 Å². The van der Waals surface area contributed by atoms with Crippen LogP contribution in [0.15, 0.2) is 42.5 Å². The van der Waals surface area contributed by atoms with Crippen LogP contribution in [0.1, 0.15) is 61.1 Å². The first-order chi connectivity index (χ1) is 13.5. The van der Waals surface area contributed by atoms with Crippen LogP contribution >= 0.6 is 0 Å². The third kappa shape index (κ3) is 3.49. The molecule has 0 radical (unpaired) electrons. The summed E-state index contributed by atoms with van der Waals surface area (Å²) in [6.07, 6.45) is 8.08. The van der Waals surface area contributed by atoms with Crippen LogP contribution in [0, 0.1) is 35.1 Å². The van der Waals surface area contributed by atoms with Crippen molar-refractivity contribution < 1.29 is 17.6 Å². The van der Waals surface area contributed by atoms with Gasteiger partial charge in [-0.2, -0.15) is 0 Å². The molecule has 4 heteroatoms. The van der Waals surface area contributed by atoms with Crippen molar-refractivity contribution in [1.29, 1.82) is 0 Å². The number of halogens is 4. The molecule has 2 aliphatic carbocycles. The van der Waals surface area contributed by atoms with E-state index >= 15 is 0 Å². The summed E-state index contributed by atoms with van der Waals surface area (Å²) in [5.74, 6) is -1.97. The molecule has 0 N–H and O–H groups in total. The molecule has 0 heterocycles. The molecule has 1 fully saturated rings. The quantitative estimate of drug-likeness (QED) is 0.390. The number of allylic oxidation sites excluding steroid dienone is 2. The Morgan fingerprint density at radius 3 is 2.32 bits per heavy atom. The number of benzene rings is 2. The van der Waals surface area contributed by atoms with Gasteiger partial charge in [-0.15, -0.1) is 0 Å². The average molecular weight is 388 g/mol. The minimum Gasteiger partial charge on any atom is -0.207 e. The van der Waals surface area contributed by atoms with E-state index in [1.54, 1.807) is 0 Å². The SMILES string of the molecule is CC/C=C/[C@@H]1CC[C@H]2c3cc(F)cc(F)c3CC[C@@H]2[C@H]1c1cc(F)cc(F)c1. The molecule has 0 saturated heterocycles. The van der Waals surface area contributed by atoms with Gasteiger partial charge in [-0.3, -0.25) is 0 Å². The average Bonchev–Trinajstić information content (AvgIpc) is 2.64. The molecule has 2 aliphatic rings. The van der Waals surface area contributed by atoms with Crippen molar-refractivity contribution >= 4 is 0 Å². The number of hydrogen-bond donors (Lipinski definition) is 0. The van der Waals surface area contributed by atoms with Crippen LogP contribution < -0.4 is 0 Å². The summed E-state index contributed by atoms with van der Waals surface area (Å²) in [7, 11) is 0. The van der Waals surface area contributed by atoms with Gasteiger partial charge < -0.3 is 0 Å². The zero-order valence-corrected chi connectivity index (χ0v) is 15.9. The molecule has 0 amide bonds. The maximum absolute atomic E-state index is 14.3. The number of fused-ring (bicyclic) bond motifs is 3. The molecule has 4 atom stereocenters. The van der Waals surface area contributed by atoms with Crippen LogP contribution in [0.25, 0.3) is 0 Å². The standard InChI is InChI=1S/C24H24F4/c1-2-3-4-14-5-6-19-21(24(14)15-9-16(25)11-17(26)10-15)8-7-20-22(19)12-18(27)13-23(20)28/h3-4,9-14,19,21,24H,2,5-8H2,1H3/b4-3+/t14-,19-,21+,24-/m1/s1. The van der Waals surface area contributed by atoms with E-state index in [4.69, 9.17) is 0 Å². The van der Waals surface area contributed by atoms with E-state index < -0.39 is 23.3 Å². The highest BCUT2D eigenvalue weighted by atomic mass is 19.1. The Labute approximate surface area is 163 Å². The zero-order valence-electron chi connectivity index (χ0n) is 15.9. The first-order valence-electron chi connectivity index (χ1n) is 10.1. The molecular formula is C24H24F4. The van der Waals surface area contributed by atoms with Gasteiger partial charge in [0, 0.05) is 12.1 Å². The maximum atomic E-state index is 14.3. The van der Waals surface area contributed by atoms with E-state index in [9.17, 15) is 17.6 Å². The minimum absolute atomic E-state index is 0.0107. The summed E-state index contributed by atoms with van der Waals surface area (Å²) in [4.78, 5) is 0. The first-order valence-corrected chi connectivity index (χ1v) is 10.1. The summed E-state index contributed by atoms with van der Waals surface area (Å²) in [6, 6.07) is 6.14. The van der Waals surface area contributed by atoms with Gasteiger partial charge in [0.15, 0.2) is 0 Å². The summed E-state index contributed by atoms with van der Waals surface area (Å²) >= 11 is 0. The smallest absolute Gasteiger partial charge is 0.129 e. The van der Waals surface area contributed by atoms with Crippen LogP contribution in [-0.2, 0) is 6.42 Å². The summed E-state index contributed by atoms with van der Waals surface area (Å²) < 4.78 is 56.2. The van der Waals surface area contributed by atoms with Crippen molar-refractivity contribution in [2.24, 2.45) is 11.8 Å². The van der Waals surface area contributed by atoms with E-state index in [0.717, 1.165) is 43.4 Å². The van der Waals surface area contributed by atoms with Gasteiger partial charge in [0.05, 0.1) is 0 Å². The Morgan fingerprint density at radius 2 is 1.61 bits per heavy atom. The van der Waals surface area contributed by atoms with Crippen LogP contribution in [0.4, 0.5) is 17.6 Å². The molecule has 1 saturated carbocycles. The van der Waals surface area contributed by atoms with Crippen molar-refractivity contribution in [3.63, 3.8) is 0 Å². The lowest BCUT2D eigenvalue weighted by Crippen LogP contribution is -2.35. The molecule has 0 aliphatic heterocycles. The predicted molar refractivity (Wildman–Crippen MR) is 102 cm³/mol. The maximum Gasteiger partial charge on any atom is 0.129 e. The van der Waals surface area contributed by atoms with Crippen molar-refractivity contribution in [2.75, 3.05) is 0 Å². The van der Waals surface area contributed by atoms with Gasteiger partial charge >= 0.3 is 0 Å². The second-order valence-electron chi connectivity index (χ2n) is 8.07.